The molecule has 1 N–H and O–H groups in total. The Kier molecular flexibility index (Phi) is 10.7. The molecule has 3 rings (SSSR count). The van der Waals surface area contributed by atoms with E-state index in [2.05, 4.69) is 4.74 Å². The Balaban J connectivity index is 0.000000258. The lowest BCUT2D eigenvalue weighted by molar-refractivity contribution is 0.0265. The van der Waals surface area contributed by atoms with Crippen molar-refractivity contribution in [2.24, 2.45) is 0 Å². The SMILES string of the molecule is O=C(OCCO)c1ccccc1.O=C(OCCOC(=O)c1ccccc1)c1ccccc1. The van der Waals surface area contributed by atoms with Crippen LogP contribution in [0.25, 0.3) is 0 Å². The average molecular weight is 436 g/mol. The van der Waals surface area contributed by atoms with Crippen molar-refractivity contribution in [3.05, 3.63) is 108 Å². The van der Waals surface area contributed by atoms with Crippen LogP contribution in [0.3, 0.4) is 0 Å². The fourth-order valence-corrected chi connectivity index (χ4v) is 2.38. The molecule has 166 valence electrons. The van der Waals surface area contributed by atoms with Gasteiger partial charge in [-0.3, -0.25) is 0 Å². The molecule has 0 aliphatic carbocycles. The van der Waals surface area contributed by atoms with Crippen molar-refractivity contribution in [2.45, 2.75) is 0 Å². The number of carbonyl (C=O) groups excluding carboxylic acids is 3. The van der Waals surface area contributed by atoms with Crippen LogP contribution in [0.1, 0.15) is 31.1 Å². The van der Waals surface area contributed by atoms with Crippen LogP contribution in [-0.4, -0.2) is 49.4 Å². The Hall–Kier alpha value is -3.97. The summed E-state index contributed by atoms with van der Waals surface area (Å²) in [6, 6.07) is 26.0. The van der Waals surface area contributed by atoms with Crippen LogP contribution in [0.2, 0.25) is 0 Å². The molecule has 0 aliphatic rings. The van der Waals surface area contributed by atoms with E-state index in [1.165, 1.54) is 0 Å². The highest BCUT2D eigenvalue weighted by Crippen LogP contribution is 2.03. The fraction of sp³-hybridized carbons (Fsp3) is 0.160. The van der Waals surface area contributed by atoms with E-state index in [4.69, 9.17) is 14.6 Å². The zero-order valence-electron chi connectivity index (χ0n) is 17.4. The monoisotopic (exact) mass is 436 g/mol. The third-order valence-electron chi connectivity index (χ3n) is 3.90. The summed E-state index contributed by atoms with van der Waals surface area (Å²) in [5.74, 6) is -1.26. The second-order valence-electron chi connectivity index (χ2n) is 6.23. The van der Waals surface area contributed by atoms with Crippen LogP contribution in [0.4, 0.5) is 0 Å². The Bertz CT molecular complexity index is 904. The van der Waals surface area contributed by atoms with Gasteiger partial charge in [-0.1, -0.05) is 54.6 Å². The van der Waals surface area contributed by atoms with Gasteiger partial charge >= 0.3 is 17.9 Å². The van der Waals surface area contributed by atoms with E-state index < -0.39 is 17.9 Å². The molecular weight excluding hydrogens is 412 g/mol. The number of esters is 3. The van der Waals surface area contributed by atoms with E-state index in [9.17, 15) is 14.4 Å². The Labute approximate surface area is 186 Å². The first-order valence-electron chi connectivity index (χ1n) is 9.89. The van der Waals surface area contributed by atoms with Crippen LogP contribution in [0.5, 0.6) is 0 Å². The molecule has 3 aromatic rings. The first-order valence-corrected chi connectivity index (χ1v) is 9.89. The number of aliphatic hydroxyl groups excluding tert-OH is 1. The molecule has 0 saturated heterocycles. The van der Waals surface area contributed by atoms with Crippen molar-refractivity contribution in [1.82, 2.24) is 0 Å². The molecule has 0 aromatic heterocycles. The topological polar surface area (TPSA) is 99.1 Å². The largest absolute Gasteiger partial charge is 0.460 e. The smallest absolute Gasteiger partial charge is 0.338 e. The molecule has 7 heteroatoms. The van der Waals surface area contributed by atoms with Crippen molar-refractivity contribution in [3.8, 4) is 0 Å². The van der Waals surface area contributed by atoms with Gasteiger partial charge in [0.2, 0.25) is 0 Å². The predicted octanol–water partition coefficient (Wildman–Crippen LogP) is 3.54. The quantitative estimate of drug-likeness (QED) is 0.328. The molecule has 0 fully saturated rings. The van der Waals surface area contributed by atoms with Gasteiger partial charge in [-0.15, -0.1) is 0 Å². The minimum Gasteiger partial charge on any atom is -0.460 e. The minimum atomic E-state index is -0.429. The molecule has 0 atom stereocenters. The Morgan fingerprint density at radius 3 is 1.06 bits per heavy atom. The predicted molar refractivity (Wildman–Crippen MR) is 117 cm³/mol. The van der Waals surface area contributed by atoms with Crippen LogP contribution >= 0.6 is 0 Å². The van der Waals surface area contributed by atoms with E-state index >= 15 is 0 Å². The molecule has 0 unspecified atom stereocenters. The van der Waals surface area contributed by atoms with E-state index in [1.807, 2.05) is 18.2 Å². The number of carbonyl (C=O) groups is 3. The van der Waals surface area contributed by atoms with Crippen LogP contribution in [-0.2, 0) is 14.2 Å². The van der Waals surface area contributed by atoms with Gasteiger partial charge in [-0.2, -0.15) is 0 Å². The summed E-state index contributed by atoms with van der Waals surface area (Å²) in [7, 11) is 0. The Morgan fingerprint density at radius 2 is 0.781 bits per heavy atom. The number of benzene rings is 3. The molecule has 0 spiro atoms. The summed E-state index contributed by atoms with van der Waals surface area (Å²) >= 11 is 0. The van der Waals surface area contributed by atoms with Crippen LogP contribution in [0.15, 0.2) is 91.0 Å². The van der Waals surface area contributed by atoms with Crippen molar-refractivity contribution < 1.29 is 33.7 Å². The van der Waals surface area contributed by atoms with E-state index in [-0.39, 0.29) is 26.4 Å². The van der Waals surface area contributed by atoms with Crippen LogP contribution in [0, 0.1) is 0 Å². The third kappa shape index (κ3) is 8.81. The molecule has 7 nitrogen and oxygen atoms in total. The van der Waals surface area contributed by atoms with Crippen molar-refractivity contribution in [2.75, 3.05) is 26.4 Å². The van der Waals surface area contributed by atoms with Gasteiger partial charge in [0, 0.05) is 0 Å². The average Bonchev–Trinajstić information content (AvgIpc) is 2.87. The number of ether oxygens (including phenoxy) is 3. The molecule has 0 aliphatic heterocycles. The molecule has 0 saturated carbocycles. The highest BCUT2D eigenvalue weighted by molar-refractivity contribution is 5.90. The molecular formula is C25H24O7. The van der Waals surface area contributed by atoms with Gasteiger partial charge < -0.3 is 19.3 Å². The number of aliphatic hydroxyl groups is 1. The third-order valence-corrected chi connectivity index (χ3v) is 3.90. The molecule has 3 aromatic carbocycles. The molecule has 0 heterocycles. The highest BCUT2D eigenvalue weighted by atomic mass is 16.6. The summed E-state index contributed by atoms with van der Waals surface area (Å²) in [5, 5.41) is 8.38. The lowest BCUT2D eigenvalue weighted by atomic mass is 10.2. The summed E-state index contributed by atoms with van der Waals surface area (Å²) in [4.78, 5) is 34.3. The number of hydrogen-bond acceptors (Lipinski definition) is 7. The van der Waals surface area contributed by atoms with Crippen molar-refractivity contribution >= 4 is 17.9 Å². The van der Waals surface area contributed by atoms with Gasteiger partial charge in [-0.05, 0) is 36.4 Å². The summed E-state index contributed by atoms with van der Waals surface area (Å²) in [6.07, 6.45) is 0. The first-order chi connectivity index (χ1) is 15.6. The lowest BCUT2D eigenvalue weighted by Gasteiger charge is -2.06. The second kappa shape index (κ2) is 14.1. The maximum absolute atomic E-state index is 11.6. The zero-order chi connectivity index (χ0) is 23.0. The van der Waals surface area contributed by atoms with Crippen molar-refractivity contribution in [3.63, 3.8) is 0 Å². The van der Waals surface area contributed by atoms with E-state index in [1.54, 1.807) is 72.8 Å². The van der Waals surface area contributed by atoms with Gasteiger partial charge in [0.1, 0.15) is 19.8 Å². The van der Waals surface area contributed by atoms with E-state index in [0.717, 1.165) is 0 Å². The Morgan fingerprint density at radius 1 is 0.500 bits per heavy atom. The number of rotatable bonds is 8. The van der Waals surface area contributed by atoms with Gasteiger partial charge in [0.05, 0.1) is 23.3 Å². The normalized spacial score (nSPS) is 9.66. The van der Waals surface area contributed by atoms with Gasteiger partial charge in [-0.25, -0.2) is 14.4 Å². The standard InChI is InChI=1S/C16H14O4.C9H10O3/c17-15(13-7-3-1-4-8-13)19-11-12-20-16(18)14-9-5-2-6-10-14;10-6-7-12-9(11)8-4-2-1-3-5-8/h1-10H,11-12H2;1-5,10H,6-7H2. The lowest BCUT2D eigenvalue weighted by Crippen LogP contribution is -2.14. The minimum absolute atomic E-state index is 0.0340. The second-order valence-corrected chi connectivity index (χ2v) is 6.23. The maximum Gasteiger partial charge on any atom is 0.338 e. The van der Waals surface area contributed by atoms with Gasteiger partial charge in [0.25, 0.3) is 0 Å². The summed E-state index contributed by atoms with van der Waals surface area (Å²) in [6.45, 7) is -0.0229. The van der Waals surface area contributed by atoms with Gasteiger partial charge in [0.15, 0.2) is 0 Å². The first kappa shape index (κ1) is 24.3. The highest BCUT2D eigenvalue weighted by Gasteiger charge is 2.08. The van der Waals surface area contributed by atoms with Crippen LogP contribution < -0.4 is 0 Å². The molecule has 0 amide bonds. The molecule has 0 bridgehead atoms. The number of hydrogen-bond donors (Lipinski definition) is 1. The molecule has 32 heavy (non-hydrogen) atoms. The fourth-order valence-electron chi connectivity index (χ4n) is 2.38. The van der Waals surface area contributed by atoms with E-state index in [0.29, 0.717) is 16.7 Å². The summed E-state index contributed by atoms with van der Waals surface area (Å²) < 4.78 is 14.7. The maximum atomic E-state index is 11.6. The zero-order valence-corrected chi connectivity index (χ0v) is 17.4. The van der Waals surface area contributed by atoms with Crippen molar-refractivity contribution in [1.29, 1.82) is 0 Å². The molecule has 0 radical (unpaired) electrons. The summed E-state index contributed by atoms with van der Waals surface area (Å²) in [5.41, 5.74) is 1.45.